The van der Waals surface area contributed by atoms with Crippen molar-refractivity contribution in [1.29, 1.82) is 0 Å². The minimum atomic E-state index is 0.624. The summed E-state index contributed by atoms with van der Waals surface area (Å²) in [6.07, 6.45) is 1.15. The van der Waals surface area contributed by atoms with E-state index in [2.05, 4.69) is 68.1 Å². The third-order valence-electron chi connectivity index (χ3n) is 3.10. The summed E-state index contributed by atoms with van der Waals surface area (Å²) in [6.45, 7) is 7.99. The third-order valence-corrected chi connectivity index (χ3v) is 3.10. The van der Waals surface area contributed by atoms with Gasteiger partial charge in [0.05, 0.1) is 0 Å². The molecule has 2 nitrogen and oxygen atoms in total. The molecular formula is C15H26N2. The summed E-state index contributed by atoms with van der Waals surface area (Å²) >= 11 is 0. The average molecular weight is 234 g/mol. The summed E-state index contributed by atoms with van der Waals surface area (Å²) in [5.41, 5.74) is 1.43. The SMILES string of the molecule is CC(C)N(CCc1ccccc1)CCN(C)C. The maximum Gasteiger partial charge on any atom is 0.0112 e. The van der Waals surface area contributed by atoms with E-state index >= 15 is 0 Å². The Morgan fingerprint density at radius 2 is 1.59 bits per heavy atom. The predicted molar refractivity (Wildman–Crippen MR) is 75.4 cm³/mol. The highest BCUT2D eigenvalue weighted by atomic mass is 15.2. The smallest absolute Gasteiger partial charge is 0.0112 e. The molecule has 0 fully saturated rings. The van der Waals surface area contributed by atoms with Crippen molar-refractivity contribution in [3.05, 3.63) is 35.9 Å². The van der Waals surface area contributed by atoms with E-state index in [0.717, 1.165) is 26.1 Å². The average Bonchev–Trinajstić information content (AvgIpc) is 2.29. The lowest BCUT2D eigenvalue weighted by atomic mass is 10.1. The lowest BCUT2D eigenvalue weighted by Gasteiger charge is -2.27. The van der Waals surface area contributed by atoms with E-state index in [0.29, 0.717) is 6.04 Å². The van der Waals surface area contributed by atoms with Crippen molar-refractivity contribution in [2.75, 3.05) is 33.7 Å². The van der Waals surface area contributed by atoms with Gasteiger partial charge in [-0.05, 0) is 39.9 Å². The molecule has 0 atom stereocenters. The Balaban J connectivity index is 2.39. The highest BCUT2D eigenvalue weighted by Crippen LogP contribution is 2.04. The van der Waals surface area contributed by atoms with Gasteiger partial charge < -0.3 is 4.90 Å². The zero-order chi connectivity index (χ0) is 12.7. The molecule has 0 aromatic heterocycles. The van der Waals surface area contributed by atoms with Crippen LogP contribution >= 0.6 is 0 Å². The molecule has 0 heterocycles. The Morgan fingerprint density at radius 3 is 2.12 bits per heavy atom. The molecule has 0 N–H and O–H groups in total. The standard InChI is InChI=1S/C15H26N2/c1-14(2)17(13-12-16(3)4)11-10-15-8-6-5-7-9-15/h5-9,14H,10-13H2,1-4H3. The van der Waals surface area contributed by atoms with E-state index in [4.69, 9.17) is 0 Å². The summed E-state index contributed by atoms with van der Waals surface area (Å²) in [4.78, 5) is 4.80. The minimum Gasteiger partial charge on any atom is -0.308 e. The van der Waals surface area contributed by atoms with Crippen molar-refractivity contribution in [2.24, 2.45) is 0 Å². The first-order valence-corrected chi connectivity index (χ1v) is 6.52. The quantitative estimate of drug-likeness (QED) is 0.715. The van der Waals surface area contributed by atoms with Crippen LogP contribution in [-0.2, 0) is 6.42 Å². The molecule has 0 amide bonds. The lowest BCUT2D eigenvalue weighted by Crippen LogP contribution is -2.38. The largest absolute Gasteiger partial charge is 0.308 e. The first-order chi connectivity index (χ1) is 8.09. The second-order valence-corrected chi connectivity index (χ2v) is 5.17. The zero-order valence-corrected chi connectivity index (χ0v) is 11.7. The molecule has 1 aromatic carbocycles. The van der Waals surface area contributed by atoms with Gasteiger partial charge in [0.2, 0.25) is 0 Å². The zero-order valence-electron chi connectivity index (χ0n) is 11.7. The summed E-state index contributed by atoms with van der Waals surface area (Å²) in [7, 11) is 4.27. The van der Waals surface area contributed by atoms with E-state index in [9.17, 15) is 0 Å². The van der Waals surface area contributed by atoms with Gasteiger partial charge in [-0.15, -0.1) is 0 Å². The van der Waals surface area contributed by atoms with Crippen LogP contribution in [0.5, 0.6) is 0 Å². The monoisotopic (exact) mass is 234 g/mol. The highest BCUT2D eigenvalue weighted by Gasteiger charge is 2.09. The number of hydrogen-bond donors (Lipinski definition) is 0. The van der Waals surface area contributed by atoms with Crippen molar-refractivity contribution in [3.63, 3.8) is 0 Å². The maximum absolute atomic E-state index is 2.55. The van der Waals surface area contributed by atoms with Crippen molar-refractivity contribution in [1.82, 2.24) is 9.80 Å². The topological polar surface area (TPSA) is 6.48 Å². The van der Waals surface area contributed by atoms with E-state index in [-0.39, 0.29) is 0 Å². The minimum absolute atomic E-state index is 0.624. The molecular weight excluding hydrogens is 208 g/mol. The van der Waals surface area contributed by atoms with E-state index in [1.807, 2.05) is 0 Å². The van der Waals surface area contributed by atoms with Crippen LogP contribution in [0.2, 0.25) is 0 Å². The Bertz CT molecular complexity index is 293. The van der Waals surface area contributed by atoms with Crippen LogP contribution in [0.1, 0.15) is 19.4 Å². The van der Waals surface area contributed by atoms with E-state index in [1.165, 1.54) is 5.56 Å². The summed E-state index contributed by atoms with van der Waals surface area (Å²) in [5.74, 6) is 0. The predicted octanol–water partition coefficient (Wildman–Crippen LogP) is 2.50. The van der Waals surface area contributed by atoms with Crippen LogP contribution in [0.4, 0.5) is 0 Å². The summed E-state index contributed by atoms with van der Waals surface area (Å²) in [5, 5.41) is 0. The van der Waals surface area contributed by atoms with Crippen LogP contribution in [0.15, 0.2) is 30.3 Å². The first-order valence-electron chi connectivity index (χ1n) is 6.52. The lowest BCUT2D eigenvalue weighted by molar-refractivity contribution is 0.201. The Morgan fingerprint density at radius 1 is 0.941 bits per heavy atom. The number of rotatable bonds is 7. The first kappa shape index (κ1) is 14.2. The Kier molecular flexibility index (Phi) is 6.23. The molecule has 96 valence electrons. The molecule has 0 saturated carbocycles. The summed E-state index contributed by atoms with van der Waals surface area (Å²) in [6, 6.07) is 11.4. The second-order valence-electron chi connectivity index (χ2n) is 5.17. The third kappa shape index (κ3) is 5.85. The van der Waals surface area contributed by atoms with E-state index in [1.54, 1.807) is 0 Å². The van der Waals surface area contributed by atoms with Crippen LogP contribution in [0, 0.1) is 0 Å². The van der Waals surface area contributed by atoms with Gasteiger partial charge >= 0.3 is 0 Å². The van der Waals surface area contributed by atoms with Crippen LogP contribution in [0.25, 0.3) is 0 Å². The van der Waals surface area contributed by atoms with Gasteiger partial charge in [0, 0.05) is 25.7 Å². The molecule has 0 aliphatic carbocycles. The van der Waals surface area contributed by atoms with Crippen LogP contribution in [-0.4, -0.2) is 49.6 Å². The molecule has 0 unspecified atom stereocenters. The maximum atomic E-state index is 2.55. The molecule has 0 aliphatic heterocycles. The fourth-order valence-electron chi connectivity index (χ4n) is 1.87. The molecule has 0 spiro atoms. The molecule has 1 aromatic rings. The van der Waals surface area contributed by atoms with Crippen molar-refractivity contribution < 1.29 is 0 Å². The fourth-order valence-corrected chi connectivity index (χ4v) is 1.87. The number of likely N-dealkylation sites (N-methyl/N-ethyl adjacent to an activating group) is 1. The van der Waals surface area contributed by atoms with Crippen LogP contribution in [0.3, 0.4) is 0 Å². The second kappa shape index (κ2) is 7.46. The van der Waals surface area contributed by atoms with Gasteiger partial charge in [-0.25, -0.2) is 0 Å². The molecule has 17 heavy (non-hydrogen) atoms. The molecule has 0 radical (unpaired) electrons. The Hall–Kier alpha value is -0.860. The highest BCUT2D eigenvalue weighted by molar-refractivity contribution is 5.14. The van der Waals surface area contributed by atoms with Gasteiger partial charge in [0.1, 0.15) is 0 Å². The molecule has 0 aliphatic rings. The molecule has 2 heteroatoms. The molecule has 0 saturated heterocycles. The van der Waals surface area contributed by atoms with Gasteiger partial charge in [-0.1, -0.05) is 30.3 Å². The van der Waals surface area contributed by atoms with Crippen molar-refractivity contribution in [3.8, 4) is 0 Å². The van der Waals surface area contributed by atoms with Gasteiger partial charge in [0.25, 0.3) is 0 Å². The van der Waals surface area contributed by atoms with Crippen LogP contribution < -0.4 is 0 Å². The molecule has 0 bridgehead atoms. The number of nitrogens with zero attached hydrogens (tertiary/aromatic N) is 2. The van der Waals surface area contributed by atoms with Gasteiger partial charge in [-0.2, -0.15) is 0 Å². The number of hydrogen-bond acceptors (Lipinski definition) is 2. The van der Waals surface area contributed by atoms with Crippen molar-refractivity contribution in [2.45, 2.75) is 26.3 Å². The normalized spacial score (nSPS) is 11.7. The summed E-state index contributed by atoms with van der Waals surface area (Å²) < 4.78 is 0. The van der Waals surface area contributed by atoms with Gasteiger partial charge in [0.15, 0.2) is 0 Å². The number of benzene rings is 1. The van der Waals surface area contributed by atoms with Gasteiger partial charge in [-0.3, -0.25) is 4.90 Å². The van der Waals surface area contributed by atoms with E-state index < -0.39 is 0 Å². The fraction of sp³-hybridized carbons (Fsp3) is 0.600. The van der Waals surface area contributed by atoms with Crippen molar-refractivity contribution >= 4 is 0 Å². The molecule has 1 rings (SSSR count). The Labute approximate surface area is 106 Å².